The van der Waals surface area contributed by atoms with Crippen LogP contribution in [0.25, 0.3) is 0 Å². The van der Waals surface area contributed by atoms with Gasteiger partial charge in [-0.25, -0.2) is 4.79 Å². The number of esters is 1. The van der Waals surface area contributed by atoms with Crippen molar-refractivity contribution >= 4 is 27.7 Å². The fraction of sp³-hybridized carbons (Fsp3) is 0.556. The first kappa shape index (κ1) is 12.4. The molecule has 0 saturated carbocycles. The third-order valence-corrected chi connectivity index (χ3v) is 1.83. The van der Waals surface area contributed by atoms with E-state index in [0.29, 0.717) is 6.42 Å². The van der Waals surface area contributed by atoms with Crippen LogP contribution in [0.15, 0.2) is 11.6 Å². The van der Waals surface area contributed by atoms with E-state index >= 15 is 0 Å². The highest BCUT2D eigenvalue weighted by atomic mass is 79.9. The van der Waals surface area contributed by atoms with Crippen LogP contribution in [0, 0.1) is 0 Å². The average molecular weight is 249 g/mol. The molecule has 0 aliphatic rings. The van der Waals surface area contributed by atoms with E-state index in [9.17, 15) is 9.59 Å². The molecular weight excluding hydrogens is 236 g/mol. The second-order valence-corrected chi connectivity index (χ2v) is 2.86. The molecule has 0 bridgehead atoms. The molecule has 3 nitrogen and oxygen atoms in total. The molecule has 0 aromatic heterocycles. The van der Waals surface area contributed by atoms with E-state index in [-0.39, 0.29) is 23.3 Å². The van der Waals surface area contributed by atoms with Crippen LogP contribution in [0.2, 0.25) is 0 Å². The molecule has 0 N–H and O–H groups in total. The lowest BCUT2D eigenvalue weighted by Gasteiger charge is -2.03. The minimum atomic E-state index is -0.534. The summed E-state index contributed by atoms with van der Waals surface area (Å²) in [4.78, 5) is 22.4. The molecule has 0 unspecified atom stereocenters. The lowest BCUT2D eigenvalue weighted by molar-refractivity contribution is -0.139. The summed E-state index contributed by atoms with van der Waals surface area (Å²) < 4.78 is 4.73. The van der Waals surface area contributed by atoms with Gasteiger partial charge in [-0.2, -0.15) is 0 Å². The van der Waals surface area contributed by atoms with Crippen molar-refractivity contribution in [1.82, 2.24) is 0 Å². The van der Waals surface area contributed by atoms with Gasteiger partial charge in [0.15, 0.2) is 5.78 Å². The smallest absolute Gasteiger partial charge is 0.341 e. The number of carbonyl (C=O) groups excluding carboxylic acids is 2. The van der Waals surface area contributed by atoms with Crippen molar-refractivity contribution in [2.75, 3.05) is 11.9 Å². The van der Waals surface area contributed by atoms with E-state index in [4.69, 9.17) is 4.74 Å². The van der Waals surface area contributed by atoms with Gasteiger partial charge in [0.05, 0.1) is 17.5 Å². The van der Waals surface area contributed by atoms with Crippen molar-refractivity contribution in [3.63, 3.8) is 0 Å². The quantitative estimate of drug-likeness (QED) is 0.245. The maximum atomic E-state index is 11.2. The first-order chi connectivity index (χ1) is 6.17. The normalized spacial score (nSPS) is 11.2. The molecule has 0 heterocycles. The third-order valence-electron chi connectivity index (χ3n) is 1.33. The van der Waals surface area contributed by atoms with E-state index in [1.54, 1.807) is 13.0 Å². The van der Waals surface area contributed by atoms with Gasteiger partial charge in [0, 0.05) is 0 Å². The Morgan fingerprint density at radius 2 is 2.00 bits per heavy atom. The maximum absolute atomic E-state index is 11.2. The topological polar surface area (TPSA) is 43.4 Å². The fourth-order valence-electron chi connectivity index (χ4n) is 0.796. The maximum Gasteiger partial charge on any atom is 0.341 e. The van der Waals surface area contributed by atoms with Gasteiger partial charge in [-0.05, 0) is 13.3 Å². The monoisotopic (exact) mass is 248 g/mol. The van der Waals surface area contributed by atoms with Gasteiger partial charge < -0.3 is 4.74 Å². The summed E-state index contributed by atoms with van der Waals surface area (Å²) in [5.74, 6) is -0.769. The van der Waals surface area contributed by atoms with Crippen LogP contribution in [-0.2, 0) is 14.3 Å². The van der Waals surface area contributed by atoms with Crippen LogP contribution in [0.5, 0.6) is 0 Å². The van der Waals surface area contributed by atoms with Gasteiger partial charge in [0.1, 0.15) is 0 Å². The molecule has 0 aliphatic carbocycles. The standard InChI is InChI=1S/C9H13BrO3/c1-3-5-7(8(11)6-10)9(12)13-4-2/h5H,3-4,6H2,1-2H3/b7-5-. The van der Waals surface area contributed by atoms with Crippen LogP contribution in [0.4, 0.5) is 0 Å². The number of ether oxygens (including phenoxy) is 1. The summed E-state index contributed by atoms with van der Waals surface area (Å²) >= 11 is 3.01. The van der Waals surface area contributed by atoms with Crippen molar-refractivity contribution in [2.45, 2.75) is 20.3 Å². The largest absolute Gasteiger partial charge is 0.462 e. The van der Waals surface area contributed by atoms with Crippen LogP contribution in [-0.4, -0.2) is 23.7 Å². The third kappa shape index (κ3) is 4.22. The number of allylic oxidation sites excluding steroid dienone is 1. The molecular formula is C9H13BrO3. The Kier molecular flexibility index (Phi) is 6.49. The van der Waals surface area contributed by atoms with Gasteiger partial charge >= 0.3 is 5.97 Å². The predicted molar refractivity (Wildman–Crippen MR) is 53.8 cm³/mol. The van der Waals surface area contributed by atoms with E-state index < -0.39 is 5.97 Å². The highest BCUT2D eigenvalue weighted by Gasteiger charge is 2.16. The Labute approximate surface area is 86.3 Å². The number of hydrogen-bond acceptors (Lipinski definition) is 3. The Hall–Kier alpha value is -0.640. The predicted octanol–water partition coefficient (Wildman–Crippen LogP) is 1.85. The zero-order valence-corrected chi connectivity index (χ0v) is 9.39. The van der Waals surface area contributed by atoms with E-state index in [1.807, 2.05) is 6.92 Å². The molecule has 0 aromatic rings. The Balaban J connectivity index is 4.52. The average Bonchev–Trinajstić information content (AvgIpc) is 2.13. The number of alkyl halides is 1. The van der Waals surface area contributed by atoms with Crippen molar-refractivity contribution in [2.24, 2.45) is 0 Å². The van der Waals surface area contributed by atoms with E-state index in [0.717, 1.165) is 0 Å². The molecule has 0 fully saturated rings. The fourth-order valence-corrected chi connectivity index (χ4v) is 1.10. The molecule has 0 radical (unpaired) electrons. The second-order valence-electron chi connectivity index (χ2n) is 2.30. The van der Waals surface area contributed by atoms with Crippen LogP contribution in [0.1, 0.15) is 20.3 Å². The highest BCUT2D eigenvalue weighted by Crippen LogP contribution is 2.04. The second kappa shape index (κ2) is 6.83. The number of Topliss-reactive ketones (excluding diaryl/α,β-unsaturated/α-hetero) is 1. The summed E-state index contributed by atoms with van der Waals surface area (Å²) in [7, 11) is 0. The van der Waals surface area contributed by atoms with Crippen LogP contribution in [0.3, 0.4) is 0 Å². The number of carbonyl (C=O) groups is 2. The Bertz CT molecular complexity index is 221. The van der Waals surface area contributed by atoms with Crippen LogP contribution < -0.4 is 0 Å². The number of rotatable bonds is 5. The summed E-state index contributed by atoms with van der Waals surface area (Å²) in [6.07, 6.45) is 2.23. The summed E-state index contributed by atoms with van der Waals surface area (Å²) in [6, 6.07) is 0. The molecule has 4 heteroatoms. The number of ketones is 1. The molecule has 0 aromatic carbocycles. The molecule has 0 rings (SSSR count). The van der Waals surface area contributed by atoms with Gasteiger partial charge in [0.25, 0.3) is 0 Å². The van der Waals surface area contributed by atoms with E-state index in [2.05, 4.69) is 15.9 Å². The molecule has 13 heavy (non-hydrogen) atoms. The van der Waals surface area contributed by atoms with Gasteiger partial charge in [-0.3, -0.25) is 4.79 Å². The van der Waals surface area contributed by atoms with Crippen molar-refractivity contribution in [3.05, 3.63) is 11.6 Å². The molecule has 0 atom stereocenters. The first-order valence-electron chi connectivity index (χ1n) is 4.13. The lowest BCUT2D eigenvalue weighted by Crippen LogP contribution is -2.16. The minimum Gasteiger partial charge on any atom is -0.462 e. The van der Waals surface area contributed by atoms with Crippen molar-refractivity contribution in [3.8, 4) is 0 Å². The molecule has 0 aliphatic heterocycles. The molecule has 0 saturated heterocycles. The summed E-state index contributed by atoms with van der Waals surface area (Å²) in [5, 5.41) is 0.150. The van der Waals surface area contributed by atoms with Gasteiger partial charge in [-0.1, -0.05) is 28.9 Å². The summed E-state index contributed by atoms with van der Waals surface area (Å²) in [5.41, 5.74) is 0.140. The van der Waals surface area contributed by atoms with Gasteiger partial charge in [-0.15, -0.1) is 0 Å². The first-order valence-corrected chi connectivity index (χ1v) is 5.25. The molecule has 74 valence electrons. The molecule has 0 amide bonds. The highest BCUT2D eigenvalue weighted by molar-refractivity contribution is 9.09. The number of halogens is 1. The van der Waals surface area contributed by atoms with Crippen LogP contribution >= 0.6 is 15.9 Å². The zero-order valence-electron chi connectivity index (χ0n) is 7.80. The zero-order chi connectivity index (χ0) is 10.3. The lowest BCUT2D eigenvalue weighted by atomic mass is 10.1. The summed E-state index contributed by atoms with van der Waals surface area (Å²) in [6.45, 7) is 3.86. The number of hydrogen-bond donors (Lipinski definition) is 0. The Morgan fingerprint density at radius 1 is 1.38 bits per heavy atom. The van der Waals surface area contributed by atoms with E-state index in [1.165, 1.54) is 0 Å². The van der Waals surface area contributed by atoms with Gasteiger partial charge in [0.2, 0.25) is 0 Å². The van der Waals surface area contributed by atoms with Crippen molar-refractivity contribution < 1.29 is 14.3 Å². The SMILES string of the molecule is CC/C=C(/C(=O)CBr)C(=O)OCC. The minimum absolute atomic E-state index is 0.140. The molecule has 0 spiro atoms. The van der Waals surface area contributed by atoms with Crippen molar-refractivity contribution in [1.29, 1.82) is 0 Å². The Morgan fingerprint density at radius 3 is 2.38 bits per heavy atom.